The fourth-order valence-corrected chi connectivity index (χ4v) is 3.92. The summed E-state index contributed by atoms with van der Waals surface area (Å²) in [6.45, 7) is 6.78. The van der Waals surface area contributed by atoms with Crippen LogP contribution in [-0.4, -0.2) is 23.3 Å². The molecule has 2 rings (SSSR count). The Bertz CT molecular complexity index is 316. The van der Waals surface area contributed by atoms with Crippen LogP contribution in [0.5, 0.6) is 0 Å². The third kappa shape index (κ3) is 4.20. The average molecular weight is 268 g/mol. The molecular formula is C16H28O3. The highest BCUT2D eigenvalue weighted by molar-refractivity contribution is 5.72. The predicted octanol–water partition coefficient (Wildman–Crippen LogP) is 3.30. The minimum absolute atomic E-state index is 0.0174. The molecule has 2 saturated carbocycles. The van der Waals surface area contributed by atoms with Gasteiger partial charge in [-0.15, -0.1) is 0 Å². The summed E-state index contributed by atoms with van der Waals surface area (Å²) < 4.78 is 5.75. The second-order valence-corrected chi connectivity index (χ2v) is 7.48. The predicted molar refractivity (Wildman–Crippen MR) is 74.6 cm³/mol. The number of esters is 1. The van der Waals surface area contributed by atoms with Crippen molar-refractivity contribution < 1.29 is 14.6 Å². The Hall–Kier alpha value is -0.570. The number of aliphatic hydroxyl groups is 1. The first-order valence-corrected chi connectivity index (χ1v) is 7.74. The van der Waals surface area contributed by atoms with Gasteiger partial charge in [0.25, 0.3) is 0 Å². The van der Waals surface area contributed by atoms with Crippen LogP contribution in [0.25, 0.3) is 0 Å². The lowest BCUT2D eigenvalue weighted by Gasteiger charge is -2.39. The lowest BCUT2D eigenvalue weighted by Crippen LogP contribution is -2.36. The molecule has 0 radical (unpaired) electrons. The Morgan fingerprint density at radius 3 is 2.37 bits per heavy atom. The van der Waals surface area contributed by atoms with Crippen LogP contribution >= 0.6 is 0 Å². The van der Waals surface area contributed by atoms with Gasteiger partial charge in [-0.05, 0) is 56.3 Å². The largest absolute Gasteiger partial charge is 0.462 e. The normalized spacial score (nSPS) is 38.7. The molecule has 2 atom stereocenters. The van der Waals surface area contributed by atoms with Gasteiger partial charge in [0, 0.05) is 0 Å². The topological polar surface area (TPSA) is 46.5 Å². The summed E-state index contributed by atoms with van der Waals surface area (Å²) in [6, 6.07) is 0. The van der Waals surface area contributed by atoms with Crippen molar-refractivity contribution in [1.82, 2.24) is 0 Å². The molecule has 2 unspecified atom stereocenters. The van der Waals surface area contributed by atoms with Gasteiger partial charge in [0.05, 0.1) is 12.0 Å². The van der Waals surface area contributed by atoms with E-state index >= 15 is 0 Å². The van der Waals surface area contributed by atoms with Crippen molar-refractivity contribution in [3.8, 4) is 0 Å². The molecule has 0 aromatic rings. The number of ether oxygens (including phenoxy) is 1. The van der Waals surface area contributed by atoms with E-state index in [1.54, 1.807) is 0 Å². The van der Waals surface area contributed by atoms with Crippen LogP contribution in [0.3, 0.4) is 0 Å². The number of rotatable bonds is 2. The lowest BCUT2D eigenvalue weighted by atomic mass is 9.71. The quantitative estimate of drug-likeness (QED) is 0.782. The molecule has 0 saturated heterocycles. The van der Waals surface area contributed by atoms with Gasteiger partial charge in [-0.3, -0.25) is 4.79 Å². The molecule has 110 valence electrons. The molecule has 19 heavy (non-hydrogen) atoms. The van der Waals surface area contributed by atoms with Crippen molar-refractivity contribution in [3.63, 3.8) is 0 Å². The van der Waals surface area contributed by atoms with E-state index in [1.807, 2.05) is 0 Å². The van der Waals surface area contributed by atoms with E-state index in [-0.39, 0.29) is 29.5 Å². The number of carbonyl (C=O) groups is 1. The van der Waals surface area contributed by atoms with E-state index in [4.69, 9.17) is 4.74 Å². The summed E-state index contributed by atoms with van der Waals surface area (Å²) in [5.74, 6) is 0.625. The summed E-state index contributed by atoms with van der Waals surface area (Å²) in [7, 11) is 0. The number of hydrogen-bond acceptors (Lipinski definition) is 3. The van der Waals surface area contributed by atoms with Crippen LogP contribution in [0.4, 0.5) is 0 Å². The van der Waals surface area contributed by atoms with Crippen LogP contribution in [-0.2, 0) is 9.53 Å². The van der Waals surface area contributed by atoms with Crippen molar-refractivity contribution in [1.29, 1.82) is 0 Å². The molecule has 0 spiro atoms. The van der Waals surface area contributed by atoms with E-state index in [2.05, 4.69) is 20.8 Å². The van der Waals surface area contributed by atoms with Gasteiger partial charge < -0.3 is 9.84 Å². The smallest absolute Gasteiger partial charge is 0.309 e. The Kier molecular flexibility index (Phi) is 4.54. The molecule has 0 heterocycles. The molecule has 1 N–H and O–H groups in total. The first kappa shape index (κ1) is 14.8. The van der Waals surface area contributed by atoms with Crippen LogP contribution in [0, 0.1) is 17.3 Å². The summed E-state index contributed by atoms with van der Waals surface area (Å²) in [4.78, 5) is 12.2. The second kappa shape index (κ2) is 5.82. The summed E-state index contributed by atoms with van der Waals surface area (Å²) in [6.07, 6.45) is 6.14. The molecule has 2 fully saturated rings. The molecule has 0 bridgehead atoms. The lowest BCUT2D eigenvalue weighted by molar-refractivity contribution is -0.160. The molecule has 0 aliphatic heterocycles. The van der Waals surface area contributed by atoms with E-state index < -0.39 is 0 Å². The van der Waals surface area contributed by atoms with Crippen LogP contribution in [0.1, 0.15) is 65.7 Å². The van der Waals surface area contributed by atoms with Gasteiger partial charge in [-0.1, -0.05) is 20.8 Å². The standard InChI is InChI=1S/C16H28O3/c1-11-8-14(10-16(2,3)9-11)19-15(18)12-4-6-13(17)7-5-12/h11-14,17H,4-10H2,1-3H3. The molecule has 3 heteroatoms. The van der Waals surface area contributed by atoms with Gasteiger partial charge in [-0.2, -0.15) is 0 Å². The van der Waals surface area contributed by atoms with Crippen molar-refractivity contribution in [2.24, 2.45) is 17.3 Å². The number of carbonyl (C=O) groups excluding carboxylic acids is 1. The molecule has 2 aliphatic carbocycles. The zero-order valence-electron chi connectivity index (χ0n) is 12.5. The van der Waals surface area contributed by atoms with Crippen molar-refractivity contribution in [2.75, 3.05) is 0 Å². The van der Waals surface area contributed by atoms with E-state index in [1.165, 1.54) is 6.42 Å². The Morgan fingerprint density at radius 1 is 1.16 bits per heavy atom. The van der Waals surface area contributed by atoms with E-state index in [9.17, 15) is 9.90 Å². The Balaban J connectivity index is 1.85. The maximum absolute atomic E-state index is 12.2. The van der Waals surface area contributed by atoms with Crippen LogP contribution in [0.15, 0.2) is 0 Å². The van der Waals surface area contributed by atoms with Gasteiger partial charge in [0.1, 0.15) is 6.10 Å². The van der Waals surface area contributed by atoms with Gasteiger partial charge in [0.15, 0.2) is 0 Å². The van der Waals surface area contributed by atoms with Gasteiger partial charge in [0.2, 0.25) is 0 Å². The van der Waals surface area contributed by atoms with E-state index in [0.717, 1.165) is 38.5 Å². The molecule has 0 aromatic carbocycles. The average Bonchev–Trinajstić information content (AvgIpc) is 2.26. The van der Waals surface area contributed by atoms with E-state index in [0.29, 0.717) is 5.92 Å². The van der Waals surface area contributed by atoms with Gasteiger partial charge in [-0.25, -0.2) is 0 Å². The second-order valence-electron chi connectivity index (χ2n) is 7.48. The summed E-state index contributed by atoms with van der Waals surface area (Å²) >= 11 is 0. The van der Waals surface area contributed by atoms with Crippen molar-refractivity contribution in [3.05, 3.63) is 0 Å². The minimum atomic E-state index is -0.210. The number of hydrogen-bond donors (Lipinski definition) is 1. The van der Waals surface area contributed by atoms with Gasteiger partial charge >= 0.3 is 5.97 Å². The zero-order chi connectivity index (χ0) is 14.0. The maximum atomic E-state index is 12.2. The fourth-order valence-electron chi connectivity index (χ4n) is 3.92. The zero-order valence-corrected chi connectivity index (χ0v) is 12.5. The highest BCUT2D eigenvalue weighted by atomic mass is 16.5. The SMILES string of the molecule is CC1CC(OC(=O)C2CCC(O)CC2)CC(C)(C)C1. The van der Waals surface area contributed by atoms with Crippen LogP contribution in [0.2, 0.25) is 0 Å². The highest BCUT2D eigenvalue weighted by Gasteiger charge is 2.35. The Morgan fingerprint density at radius 2 is 1.79 bits per heavy atom. The van der Waals surface area contributed by atoms with Crippen LogP contribution < -0.4 is 0 Å². The molecular weight excluding hydrogens is 240 g/mol. The Labute approximate surface area is 116 Å². The summed E-state index contributed by atoms with van der Waals surface area (Å²) in [5.41, 5.74) is 0.283. The fraction of sp³-hybridized carbons (Fsp3) is 0.938. The molecule has 2 aliphatic rings. The third-order valence-electron chi connectivity index (χ3n) is 4.66. The first-order chi connectivity index (χ1) is 8.85. The first-order valence-electron chi connectivity index (χ1n) is 7.74. The molecule has 3 nitrogen and oxygen atoms in total. The molecule has 0 amide bonds. The maximum Gasteiger partial charge on any atom is 0.309 e. The highest BCUT2D eigenvalue weighted by Crippen LogP contribution is 2.40. The van der Waals surface area contributed by atoms with Crippen molar-refractivity contribution >= 4 is 5.97 Å². The number of aliphatic hydroxyl groups excluding tert-OH is 1. The summed E-state index contributed by atoms with van der Waals surface area (Å²) in [5, 5.41) is 9.48. The molecule has 0 aromatic heterocycles. The third-order valence-corrected chi connectivity index (χ3v) is 4.66. The monoisotopic (exact) mass is 268 g/mol. The van der Waals surface area contributed by atoms with Crippen molar-refractivity contribution in [2.45, 2.75) is 77.9 Å². The minimum Gasteiger partial charge on any atom is -0.462 e.